The number of benzene rings is 2. The van der Waals surface area contributed by atoms with Crippen molar-refractivity contribution < 1.29 is 61.9 Å². The quantitative estimate of drug-likeness (QED) is 0.217. The van der Waals surface area contributed by atoms with Gasteiger partial charge in [0, 0.05) is 41.0 Å². The lowest BCUT2D eigenvalue weighted by Gasteiger charge is -2.44. The van der Waals surface area contributed by atoms with E-state index in [1.165, 1.54) is 13.8 Å². The molecule has 0 aliphatic carbocycles. The SMILES string of the molecule is CCCOc1ccc(Cc2ccc(COC(C)=O)cc2OC2O[C@H](COC(C)=O)[C@@H](OC(C)=O)[C@H](OC(C)=O)[C@H]2OC(C)=O)cc1. The molecule has 1 aliphatic rings. The van der Waals surface area contributed by atoms with E-state index in [1.807, 2.05) is 31.2 Å². The van der Waals surface area contributed by atoms with Crippen LogP contribution in [0.2, 0.25) is 0 Å². The molecule has 13 heteroatoms. The van der Waals surface area contributed by atoms with Gasteiger partial charge in [0.25, 0.3) is 0 Å². The summed E-state index contributed by atoms with van der Waals surface area (Å²) < 4.78 is 45.0. The highest BCUT2D eigenvalue weighted by atomic mass is 16.7. The van der Waals surface area contributed by atoms with Gasteiger partial charge in [-0.1, -0.05) is 31.2 Å². The zero-order valence-corrected chi connectivity index (χ0v) is 26.8. The van der Waals surface area contributed by atoms with E-state index in [2.05, 4.69) is 0 Å². The number of esters is 5. The molecule has 0 N–H and O–H groups in total. The molecule has 0 spiro atoms. The highest BCUT2D eigenvalue weighted by Gasteiger charge is 2.53. The Morgan fingerprint density at radius 3 is 1.87 bits per heavy atom. The zero-order chi connectivity index (χ0) is 33.8. The van der Waals surface area contributed by atoms with Crippen molar-refractivity contribution in [2.75, 3.05) is 13.2 Å². The Morgan fingerprint density at radius 2 is 1.28 bits per heavy atom. The minimum Gasteiger partial charge on any atom is -0.494 e. The van der Waals surface area contributed by atoms with Crippen molar-refractivity contribution in [2.24, 2.45) is 0 Å². The first-order valence-corrected chi connectivity index (χ1v) is 14.8. The number of hydrogen-bond acceptors (Lipinski definition) is 13. The topological polar surface area (TPSA) is 159 Å². The molecule has 3 rings (SSSR count). The van der Waals surface area contributed by atoms with Crippen molar-refractivity contribution in [2.45, 2.75) is 91.7 Å². The van der Waals surface area contributed by atoms with Gasteiger partial charge in [0.05, 0.1) is 6.61 Å². The lowest BCUT2D eigenvalue weighted by Crippen LogP contribution is -2.63. The molecule has 5 atom stereocenters. The Hall–Kier alpha value is -4.65. The monoisotopic (exact) mass is 644 g/mol. The predicted octanol–water partition coefficient (Wildman–Crippen LogP) is 3.59. The van der Waals surface area contributed by atoms with Crippen molar-refractivity contribution in [3.63, 3.8) is 0 Å². The Balaban J connectivity index is 2.05. The third-order valence-corrected chi connectivity index (χ3v) is 6.56. The third kappa shape index (κ3) is 11.1. The Kier molecular flexibility index (Phi) is 13.4. The molecule has 13 nitrogen and oxygen atoms in total. The molecule has 0 saturated carbocycles. The number of rotatable bonds is 14. The Labute approximate surface area is 267 Å². The van der Waals surface area contributed by atoms with Crippen LogP contribution in [-0.2, 0) is 65.4 Å². The van der Waals surface area contributed by atoms with Gasteiger partial charge < -0.3 is 37.9 Å². The fourth-order valence-electron chi connectivity index (χ4n) is 4.68. The lowest BCUT2D eigenvalue weighted by atomic mass is 9.97. The van der Waals surface area contributed by atoms with Crippen LogP contribution in [0, 0.1) is 0 Å². The molecule has 1 unspecified atom stereocenters. The van der Waals surface area contributed by atoms with Crippen molar-refractivity contribution in [3.05, 3.63) is 59.2 Å². The molecule has 2 aromatic carbocycles. The van der Waals surface area contributed by atoms with Crippen LogP contribution in [0.3, 0.4) is 0 Å². The fraction of sp³-hybridized carbons (Fsp3) is 0.485. The van der Waals surface area contributed by atoms with Crippen LogP contribution in [0.15, 0.2) is 42.5 Å². The molecule has 1 saturated heterocycles. The summed E-state index contributed by atoms with van der Waals surface area (Å²) in [6.07, 6.45) is -5.49. The Morgan fingerprint density at radius 1 is 0.696 bits per heavy atom. The first-order chi connectivity index (χ1) is 21.9. The molecule has 1 fully saturated rings. The second-order valence-electron chi connectivity index (χ2n) is 10.6. The maximum atomic E-state index is 12.3. The van der Waals surface area contributed by atoms with Crippen LogP contribution in [0.4, 0.5) is 0 Å². The van der Waals surface area contributed by atoms with Crippen LogP contribution in [0.25, 0.3) is 0 Å². The maximum absolute atomic E-state index is 12.3. The molecular formula is C33H40O13. The van der Waals surface area contributed by atoms with Gasteiger partial charge in [0.15, 0.2) is 12.2 Å². The van der Waals surface area contributed by atoms with Gasteiger partial charge in [0.2, 0.25) is 12.4 Å². The Bertz CT molecular complexity index is 1370. The molecule has 2 aromatic rings. The summed E-state index contributed by atoms with van der Waals surface area (Å²) in [5, 5.41) is 0. The largest absolute Gasteiger partial charge is 0.494 e. The summed E-state index contributed by atoms with van der Waals surface area (Å²) in [7, 11) is 0. The molecule has 46 heavy (non-hydrogen) atoms. The average Bonchev–Trinajstić information content (AvgIpc) is 2.98. The van der Waals surface area contributed by atoms with Crippen LogP contribution in [0.1, 0.15) is 64.7 Å². The molecule has 0 bridgehead atoms. The summed E-state index contributed by atoms with van der Waals surface area (Å²) in [5.74, 6) is -2.37. The fourth-order valence-corrected chi connectivity index (χ4v) is 4.68. The molecule has 0 amide bonds. The summed E-state index contributed by atoms with van der Waals surface area (Å²) >= 11 is 0. The van der Waals surface area contributed by atoms with Gasteiger partial charge in [-0.05, 0) is 41.3 Å². The second kappa shape index (κ2) is 17.2. The molecule has 1 heterocycles. The maximum Gasteiger partial charge on any atom is 0.303 e. The van der Waals surface area contributed by atoms with Crippen LogP contribution < -0.4 is 9.47 Å². The normalized spacial score (nSPS) is 20.5. The van der Waals surface area contributed by atoms with E-state index >= 15 is 0 Å². The first kappa shape index (κ1) is 35.8. The second-order valence-corrected chi connectivity index (χ2v) is 10.6. The highest BCUT2D eigenvalue weighted by Crippen LogP contribution is 2.33. The van der Waals surface area contributed by atoms with Crippen LogP contribution in [0.5, 0.6) is 11.5 Å². The molecule has 0 aromatic heterocycles. The van der Waals surface area contributed by atoms with Crippen molar-refractivity contribution in [3.8, 4) is 11.5 Å². The minimum absolute atomic E-state index is 0.0476. The van der Waals surface area contributed by atoms with Gasteiger partial charge in [-0.25, -0.2) is 0 Å². The van der Waals surface area contributed by atoms with E-state index in [0.29, 0.717) is 24.2 Å². The molecule has 1 aliphatic heterocycles. The first-order valence-electron chi connectivity index (χ1n) is 14.8. The number of carbonyl (C=O) groups is 5. The smallest absolute Gasteiger partial charge is 0.303 e. The van der Waals surface area contributed by atoms with E-state index in [-0.39, 0.29) is 12.4 Å². The van der Waals surface area contributed by atoms with Crippen molar-refractivity contribution in [1.29, 1.82) is 0 Å². The van der Waals surface area contributed by atoms with Gasteiger partial charge in [0.1, 0.15) is 30.8 Å². The lowest BCUT2D eigenvalue weighted by molar-refractivity contribution is -0.288. The van der Waals surface area contributed by atoms with Gasteiger partial charge in [-0.2, -0.15) is 0 Å². The highest BCUT2D eigenvalue weighted by molar-refractivity contribution is 5.69. The van der Waals surface area contributed by atoms with Crippen LogP contribution >= 0.6 is 0 Å². The molecular weight excluding hydrogens is 604 g/mol. The summed E-state index contributed by atoms with van der Waals surface area (Å²) in [5.41, 5.74) is 2.19. The number of hydrogen-bond donors (Lipinski definition) is 0. The minimum atomic E-state index is -1.44. The summed E-state index contributed by atoms with van der Waals surface area (Å²) in [6, 6.07) is 12.8. The van der Waals surface area contributed by atoms with E-state index in [9.17, 15) is 24.0 Å². The summed E-state index contributed by atoms with van der Waals surface area (Å²) in [6.45, 7) is 8.06. The predicted molar refractivity (Wildman–Crippen MR) is 160 cm³/mol. The molecule has 0 radical (unpaired) electrons. The number of ether oxygens (including phenoxy) is 8. The van der Waals surface area contributed by atoms with Crippen LogP contribution in [-0.4, -0.2) is 73.8 Å². The summed E-state index contributed by atoms with van der Waals surface area (Å²) in [4.78, 5) is 59.7. The molecule has 250 valence electrons. The third-order valence-electron chi connectivity index (χ3n) is 6.56. The van der Waals surface area contributed by atoms with Gasteiger partial charge in [-0.15, -0.1) is 0 Å². The van der Waals surface area contributed by atoms with Crippen molar-refractivity contribution in [1.82, 2.24) is 0 Å². The van der Waals surface area contributed by atoms with E-state index < -0.39 is 67.2 Å². The average molecular weight is 645 g/mol. The van der Waals surface area contributed by atoms with Gasteiger partial charge in [-0.3, -0.25) is 24.0 Å². The zero-order valence-electron chi connectivity index (χ0n) is 26.8. The van der Waals surface area contributed by atoms with E-state index in [0.717, 1.165) is 38.5 Å². The standard InChI is InChI=1S/C33H40O13/c1-7-14-39-27-12-9-24(10-13-27)15-26-11-8-25(17-40-19(2)34)16-28(26)45-33-32(44-23(6)38)31(43-22(5)37)30(42-21(4)36)29(46-33)18-41-20(3)35/h8-13,16,29-33H,7,14-15,17-18H2,1-6H3/t29-,30-,31+,32-,33?/m1/s1. The number of carbonyl (C=O) groups excluding carboxylic acids is 5. The van der Waals surface area contributed by atoms with E-state index in [1.54, 1.807) is 18.2 Å². The van der Waals surface area contributed by atoms with Crippen molar-refractivity contribution >= 4 is 29.8 Å². The van der Waals surface area contributed by atoms with E-state index in [4.69, 9.17) is 37.9 Å². The van der Waals surface area contributed by atoms with Gasteiger partial charge >= 0.3 is 29.8 Å².